The molecule has 1 aliphatic heterocycles. The molecule has 2 aliphatic rings. The van der Waals surface area contributed by atoms with E-state index in [0.29, 0.717) is 30.8 Å². The molecule has 8 heteroatoms. The largest absolute Gasteiger partial charge is 0.348 e. The Hall–Kier alpha value is -3.94. The first kappa shape index (κ1) is 19.7. The minimum absolute atomic E-state index is 0.0198. The van der Waals surface area contributed by atoms with Crippen molar-refractivity contribution in [3.05, 3.63) is 71.3 Å². The van der Waals surface area contributed by atoms with Crippen LogP contribution >= 0.6 is 0 Å². The molecule has 0 radical (unpaired) electrons. The van der Waals surface area contributed by atoms with Gasteiger partial charge in [-0.2, -0.15) is 4.98 Å². The third kappa shape index (κ3) is 3.57. The van der Waals surface area contributed by atoms with E-state index in [-0.39, 0.29) is 5.91 Å². The second-order valence-electron chi connectivity index (χ2n) is 8.66. The van der Waals surface area contributed by atoms with Gasteiger partial charge in [0.15, 0.2) is 5.82 Å². The lowest BCUT2D eigenvalue weighted by molar-refractivity contribution is 0.0966. The molecule has 1 aliphatic carbocycles. The van der Waals surface area contributed by atoms with E-state index < -0.39 is 0 Å². The van der Waals surface area contributed by atoms with Crippen LogP contribution in [-0.4, -0.2) is 30.2 Å². The molecule has 2 aromatic heterocycles. The van der Waals surface area contributed by atoms with Gasteiger partial charge in [-0.15, -0.1) is 5.10 Å². The zero-order valence-electron chi connectivity index (χ0n) is 18.7. The maximum absolute atomic E-state index is 11.8. The number of fused-ring (bicyclic) bond motifs is 1. The number of hydrogen-bond acceptors (Lipinski definition) is 5. The van der Waals surface area contributed by atoms with Crippen LogP contribution in [0.1, 0.15) is 53.1 Å². The van der Waals surface area contributed by atoms with Gasteiger partial charge < -0.3 is 15.2 Å². The molecule has 1 amide bonds. The Balaban J connectivity index is 1.25. The first-order chi connectivity index (χ1) is 16.1. The molecule has 0 bridgehead atoms. The van der Waals surface area contributed by atoms with Crippen molar-refractivity contribution in [2.24, 2.45) is 0 Å². The molecule has 4 aromatic rings. The fourth-order valence-electron chi connectivity index (χ4n) is 4.32. The van der Waals surface area contributed by atoms with Crippen molar-refractivity contribution < 1.29 is 4.79 Å². The van der Waals surface area contributed by atoms with Crippen LogP contribution < -0.4 is 10.6 Å². The Morgan fingerprint density at radius 2 is 1.94 bits per heavy atom. The van der Waals surface area contributed by atoms with E-state index in [1.807, 2.05) is 36.7 Å². The molecule has 33 heavy (non-hydrogen) atoms. The molecule has 0 spiro atoms. The average Bonchev–Trinajstić information content (AvgIpc) is 3.34. The lowest BCUT2D eigenvalue weighted by Gasteiger charge is -2.07. The monoisotopic (exact) mass is 439 g/mol. The number of nitrogens with zero attached hydrogens (tertiary/aromatic N) is 5. The van der Waals surface area contributed by atoms with Crippen LogP contribution in [0, 0.1) is 6.92 Å². The quantitative estimate of drug-likeness (QED) is 0.467. The predicted octanol–water partition coefficient (Wildman–Crippen LogP) is 4.32. The van der Waals surface area contributed by atoms with E-state index in [2.05, 4.69) is 45.7 Å². The third-order valence-corrected chi connectivity index (χ3v) is 6.32. The highest BCUT2D eigenvalue weighted by molar-refractivity contribution is 5.98. The number of rotatable bonds is 6. The van der Waals surface area contributed by atoms with Crippen molar-refractivity contribution in [3.8, 4) is 17.1 Å². The van der Waals surface area contributed by atoms with E-state index in [1.165, 1.54) is 18.5 Å². The van der Waals surface area contributed by atoms with Gasteiger partial charge in [-0.05, 0) is 74.7 Å². The number of carbonyl (C=O) groups is 1. The van der Waals surface area contributed by atoms with E-state index in [1.54, 1.807) is 0 Å². The molecule has 3 heterocycles. The van der Waals surface area contributed by atoms with E-state index in [9.17, 15) is 4.79 Å². The summed E-state index contributed by atoms with van der Waals surface area (Å²) >= 11 is 0. The van der Waals surface area contributed by atoms with Crippen molar-refractivity contribution in [1.82, 2.24) is 29.6 Å². The summed E-state index contributed by atoms with van der Waals surface area (Å²) in [7, 11) is 0. The fraction of sp³-hybridized carbons (Fsp3) is 0.280. The van der Waals surface area contributed by atoms with Crippen molar-refractivity contribution in [1.29, 1.82) is 0 Å². The molecule has 0 saturated heterocycles. The van der Waals surface area contributed by atoms with Crippen molar-refractivity contribution >= 4 is 17.5 Å². The minimum atomic E-state index is -0.0198. The number of nitrogens with one attached hydrogen (secondary N) is 2. The zero-order chi connectivity index (χ0) is 22.5. The molecule has 1 fully saturated rings. The Bertz CT molecular complexity index is 1360. The number of carbonyl (C=O) groups excluding carboxylic acids is 1. The lowest BCUT2D eigenvalue weighted by Crippen LogP contribution is -2.12. The second-order valence-corrected chi connectivity index (χ2v) is 8.66. The molecule has 2 aromatic carbocycles. The summed E-state index contributed by atoms with van der Waals surface area (Å²) < 4.78 is 4.00. The highest BCUT2D eigenvalue weighted by atomic mass is 16.1. The van der Waals surface area contributed by atoms with Crippen molar-refractivity contribution in [2.45, 2.75) is 45.7 Å². The SMILES string of the molecule is CCn1nc(-c2ccc(-n3cc(C4CC4)nc3C)cc2)nc1Nc1ccc2c(c1)CNC2=O. The van der Waals surface area contributed by atoms with E-state index in [0.717, 1.165) is 33.9 Å². The summed E-state index contributed by atoms with van der Waals surface area (Å²) in [5.41, 5.74) is 5.85. The molecule has 1 saturated carbocycles. The predicted molar refractivity (Wildman–Crippen MR) is 126 cm³/mol. The Morgan fingerprint density at radius 3 is 2.70 bits per heavy atom. The molecule has 166 valence electrons. The highest BCUT2D eigenvalue weighted by Crippen LogP contribution is 2.39. The summed E-state index contributed by atoms with van der Waals surface area (Å²) in [4.78, 5) is 21.3. The molecule has 2 N–H and O–H groups in total. The number of anilines is 2. The maximum Gasteiger partial charge on any atom is 0.251 e. The number of hydrogen-bond donors (Lipinski definition) is 2. The molecule has 6 rings (SSSR count). The van der Waals surface area contributed by atoms with Gasteiger partial charge in [-0.3, -0.25) is 4.79 Å². The van der Waals surface area contributed by atoms with Crippen LogP contribution in [0.25, 0.3) is 17.1 Å². The normalized spacial score (nSPS) is 14.9. The van der Waals surface area contributed by atoms with Crippen LogP contribution in [0.15, 0.2) is 48.7 Å². The molecule has 0 atom stereocenters. The van der Waals surface area contributed by atoms with Crippen LogP contribution in [0.5, 0.6) is 0 Å². The van der Waals surface area contributed by atoms with Gasteiger partial charge in [0, 0.05) is 47.7 Å². The van der Waals surface area contributed by atoms with Gasteiger partial charge in [0.2, 0.25) is 5.95 Å². The third-order valence-electron chi connectivity index (χ3n) is 6.32. The molecule has 0 unspecified atom stereocenters. The summed E-state index contributed by atoms with van der Waals surface area (Å²) in [5.74, 6) is 2.97. The van der Waals surface area contributed by atoms with Gasteiger partial charge in [-0.25, -0.2) is 9.67 Å². The number of aryl methyl sites for hydroxylation is 2. The van der Waals surface area contributed by atoms with Gasteiger partial charge in [0.1, 0.15) is 5.82 Å². The van der Waals surface area contributed by atoms with Gasteiger partial charge >= 0.3 is 0 Å². The summed E-state index contributed by atoms with van der Waals surface area (Å²) in [6, 6.07) is 14.0. The van der Waals surface area contributed by atoms with Crippen molar-refractivity contribution in [2.75, 3.05) is 5.32 Å². The molecule has 8 nitrogen and oxygen atoms in total. The van der Waals surface area contributed by atoms with Gasteiger partial charge in [0.05, 0.1) is 5.69 Å². The maximum atomic E-state index is 11.8. The number of aromatic nitrogens is 5. The topological polar surface area (TPSA) is 89.7 Å². The van der Waals surface area contributed by atoms with E-state index >= 15 is 0 Å². The van der Waals surface area contributed by atoms with Crippen LogP contribution in [-0.2, 0) is 13.1 Å². The fourth-order valence-corrected chi connectivity index (χ4v) is 4.32. The number of amides is 1. The summed E-state index contributed by atoms with van der Waals surface area (Å²) in [6.45, 7) is 5.33. The average molecular weight is 440 g/mol. The second kappa shape index (κ2) is 7.58. The lowest BCUT2D eigenvalue weighted by atomic mass is 10.1. The highest BCUT2D eigenvalue weighted by Gasteiger charge is 2.26. The first-order valence-electron chi connectivity index (χ1n) is 11.4. The van der Waals surface area contributed by atoms with Gasteiger partial charge in [0.25, 0.3) is 5.91 Å². The summed E-state index contributed by atoms with van der Waals surface area (Å²) in [6.07, 6.45) is 4.66. The number of benzene rings is 2. The Kier molecular flexibility index (Phi) is 4.53. The summed E-state index contributed by atoms with van der Waals surface area (Å²) in [5, 5.41) is 10.9. The van der Waals surface area contributed by atoms with Gasteiger partial charge in [-0.1, -0.05) is 0 Å². The zero-order valence-corrected chi connectivity index (χ0v) is 18.7. The van der Waals surface area contributed by atoms with E-state index in [4.69, 9.17) is 15.1 Å². The first-order valence-corrected chi connectivity index (χ1v) is 11.4. The van der Waals surface area contributed by atoms with Crippen LogP contribution in [0.3, 0.4) is 0 Å². The minimum Gasteiger partial charge on any atom is -0.348 e. The molecular weight excluding hydrogens is 414 g/mol. The Morgan fingerprint density at radius 1 is 1.12 bits per heavy atom. The van der Waals surface area contributed by atoms with Crippen LogP contribution in [0.4, 0.5) is 11.6 Å². The molecular formula is C25H25N7O. The Labute approximate surface area is 191 Å². The number of imidazole rings is 1. The standard InChI is InChI=1S/C25H25N7O/c1-3-32-25(28-19-8-11-21-18(12-19)13-26-24(21)33)29-23(30-32)17-6-9-20(10-7-17)31-14-22(16-4-5-16)27-15(31)2/h6-12,14,16H,3-5,13H2,1-2H3,(H,26,33)(H,28,29,30). The van der Waals surface area contributed by atoms with Crippen molar-refractivity contribution in [3.63, 3.8) is 0 Å². The smallest absolute Gasteiger partial charge is 0.251 e. The van der Waals surface area contributed by atoms with Crippen LogP contribution in [0.2, 0.25) is 0 Å².